The predicted molar refractivity (Wildman–Crippen MR) is 183 cm³/mol. The molecule has 16 heteroatoms. The van der Waals surface area contributed by atoms with Crippen LogP contribution in [0, 0.1) is 0 Å². The summed E-state index contributed by atoms with van der Waals surface area (Å²) in [6, 6.07) is 32.1. The third-order valence-electron chi connectivity index (χ3n) is 7.05. The third kappa shape index (κ3) is 12.4. The summed E-state index contributed by atoms with van der Waals surface area (Å²) < 4.78 is 22.9. The minimum Gasteiger partial charge on any atom is -0.491 e. The van der Waals surface area contributed by atoms with E-state index in [9.17, 15) is 19.8 Å². The normalized spacial score (nSPS) is 11.7. The van der Waals surface area contributed by atoms with Crippen LogP contribution in [0.5, 0.6) is 11.5 Å². The quantitative estimate of drug-likeness (QED) is 0.139. The molecule has 268 valence electrons. The zero-order valence-corrected chi connectivity index (χ0v) is 27.9. The molecule has 6 rings (SSSR count). The van der Waals surface area contributed by atoms with Crippen molar-refractivity contribution in [3.63, 3.8) is 0 Å². The number of aliphatic hydroxyl groups excluding tert-OH is 2. The second-order valence-electron chi connectivity index (χ2n) is 11.1. The highest BCUT2D eigenvalue weighted by atomic mass is 16.5. The third-order valence-corrected chi connectivity index (χ3v) is 7.05. The zero-order valence-electron chi connectivity index (χ0n) is 27.9. The standard InChI is InChI=1S/2C18H18N4O4/c23-16(10-22-13-19-20-21-22)12-25-17-8-6-15(7-9-17)18(24)26-11-14-4-2-1-3-5-14;23-16(10-22-20-13-19-21-22)12-25-17-8-6-15(7-9-17)18(24)26-11-14-4-2-1-3-5-14/h2*1-9,13,16,23H,10-12H2. The van der Waals surface area contributed by atoms with E-state index in [-0.39, 0.29) is 39.5 Å². The van der Waals surface area contributed by atoms with E-state index in [1.54, 1.807) is 48.5 Å². The van der Waals surface area contributed by atoms with Crippen molar-refractivity contribution in [2.75, 3.05) is 13.2 Å². The molecule has 0 spiro atoms. The maximum atomic E-state index is 12.0. The Morgan fingerprint density at radius 1 is 0.615 bits per heavy atom. The Bertz CT molecular complexity index is 1760. The number of aromatic nitrogens is 8. The minimum atomic E-state index is -0.778. The van der Waals surface area contributed by atoms with Crippen LogP contribution in [-0.4, -0.2) is 88.0 Å². The van der Waals surface area contributed by atoms with E-state index in [1.165, 1.54) is 22.1 Å². The number of benzene rings is 4. The number of tetrazole rings is 2. The Hall–Kier alpha value is -6.52. The van der Waals surface area contributed by atoms with Gasteiger partial charge in [0.15, 0.2) is 6.33 Å². The van der Waals surface area contributed by atoms with Crippen molar-refractivity contribution in [3.8, 4) is 11.5 Å². The molecule has 0 aliphatic carbocycles. The molecule has 16 nitrogen and oxygen atoms in total. The van der Waals surface area contributed by atoms with Crippen LogP contribution in [0.4, 0.5) is 0 Å². The Kier molecular flexibility index (Phi) is 13.9. The smallest absolute Gasteiger partial charge is 0.338 e. The number of carbonyl (C=O) groups excluding carboxylic acids is 2. The van der Waals surface area contributed by atoms with Gasteiger partial charge in [0.25, 0.3) is 0 Å². The molecular formula is C36H36N8O8. The minimum absolute atomic E-state index is 0.0688. The van der Waals surface area contributed by atoms with E-state index >= 15 is 0 Å². The fourth-order valence-corrected chi connectivity index (χ4v) is 4.42. The fourth-order valence-electron chi connectivity index (χ4n) is 4.42. The van der Waals surface area contributed by atoms with E-state index in [0.29, 0.717) is 22.6 Å². The van der Waals surface area contributed by atoms with E-state index in [0.717, 1.165) is 11.1 Å². The highest BCUT2D eigenvalue weighted by Gasteiger charge is 2.12. The Balaban J connectivity index is 0.000000201. The van der Waals surface area contributed by atoms with E-state index in [1.807, 2.05) is 60.7 Å². The molecule has 0 radical (unpaired) electrons. The lowest BCUT2D eigenvalue weighted by Gasteiger charge is -2.12. The Morgan fingerprint density at radius 2 is 1.12 bits per heavy atom. The lowest BCUT2D eigenvalue weighted by molar-refractivity contribution is 0.0464. The zero-order chi connectivity index (χ0) is 36.4. The molecule has 0 saturated carbocycles. The largest absolute Gasteiger partial charge is 0.491 e. The summed E-state index contributed by atoms with van der Waals surface area (Å²) in [5.74, 6) is 0.271. The van der Waals surface area contributed by atoms with Crippen LogP contribution in [0.1, 0.15) is 31.8 Å². The summed E-state index contributed by atoms with van der Waals surface area (Å²) >= 11 is 0. The molecule has 2 atom stereocenters. The average molecular weight is 709 g/mol. The first-order chi connectivity index (χ1) is 25.4. The number of rotatable bonds is 16. The topological polar surface area (TPSA) is 199 Å². The van der Waals surface area contributed by atoms with Gasteiger partial charge in [0.1, 0.15) is 56.5 Å². The number of ether oxygens (including phenoxy) is 4. The number of aliphatic hydroxyl groups is 2. The van der Waals surface area contributed by atoms with Gasteiger partial charge < -0.3 is 29.2 Å². The average Bonchev–Trinajstić information content (AvgIpc) is 3.91. The highest BCUT2D eigenvalue weighted by molar-refractivity contribution is 5.90. The van der Waals surface area contributed by atoms with Gasteiger partial charge in [0.2, 0.25) is 0 Å². The van der Waals surface area contributed by atoms with Crippen molar-refractivity contribution in [1.29, 1.82) is 0 Å². The SMILES string of the molecule is O=C(OCc1ccccc1)c1ccc(OCC(O)Cn2cnnn2)cc1.O=C(OCc1ccccc1)c1ccc(OCC(O)Cn2ncnn2)cc1. The van der Waals surface area contributed by atoms with Gasteiger partial charge in [-0.2, -0.15) is 4.80 Å². The molecular weight excluding hydrogens is 672 g/mol. The van der Waals surface area contributed by atoms with Gasteiger partial charge in [-0.1, -0.05) is 60.7 Å². The lowest BCUT2D eigenvalue weighted by Crippen LogP contribution is -2.24. The molecule has 4 aromatic carbocycles. The Morgan fingerprint density at radius 3 is 1.56 bits per heavy atom. The molecule has 0 aliphatic rings. The number of carbonyl (C=O) groups is 2. The van der Waals surface area contributed by atoms with Crippen LogP contribution in [-0.2, 0) is 35.8 Å². The monoisotopic (exact) mass is 708 g/mol. The number of nitrogens with zero attached hydrogens (tertiary/aromatic N) is 8. The summed E-state index contributed by atoms with van der Waals surface area (Å²) in [6.45, 7) is 1.01. The molecule has 0 fully saturated rings. The predicted octanol–water partition coefficient (Wildman–Crippen LogP) is 2.94. The maximum absolute atomic E-state index is 12.0. The molecule has 0 amide bonds. The molecule has 0 saturated heterocycles. The van der Waals surface area contributed by atoms with Gasteiger partial charge in [-0.05, 0) is 75.3 Å². The van der Waals surface area contributed by atoms with Crippen LogP contribution >= 0.6 is 0 Å². The van der Waals surface area contributed by atoms with Gasteiger partial charge in [-0.15, -0.1) is 15.3 Å². The Labute approximate surface area is 298 Å². The first kappa shape index (κ1) is 36.8. The molecule has 6 aromatic rings. The highest BCUT2D eigenvalue weighted by Crippen LogP contribution is 2.16. The summed E-state index contributed by atoms with van der Waals surface area (Å²) in [7, 11) is 0. The molecule has 52 heavy (non-hydrogen) atoms. The van der Waals surface area contributed by atoms with Crippen LogP contribution < -0.4 is 9.47 Å². The van der Waals surface area contributed by atoms with Crippen molar-refractivity contribution < 1.29 is 38.7 Å². The van der Waals surface area contributed by atoms with Crippen molar-refractivity contribution in [2.45, 2.75) is 38.5 Å². The molecule has 0 bridgehead atoms. The van der Waals surface area contributed by atoms with Crippen LogP contribution in [0.15, 0.2) is 122 Å². The summed E-state index contributed by atoms with van der Waals surface area (Å²) in [5, 5.41) is 41.5. The van der Waals surface area contributed by atoms with Gasteiger partial charge in [-0.25, -0.2) is 14.3 Å². The molecule has 2 aromatic heterocycles. The number of hydrogen-bond acceptors (Lipinski definition) is 14. The van der Waals surface area contributed by atoms with Crippen LogP contribution in [0.2, 0.25) is 0 Å². The first-order valence-corrected chi connectivity index (χ1v) is 16.1. The second kappa shape index (κ2) is 19.6. The maximum Gasteiger partial charge on any atom is 0.338 e. The van der Waals surface area contributed by atoms with E-state index < -0.39 is 24.1 Å². The summed E-state index contributed by atoms with van der Waals surface area (Å²) in [5.41, 5.74) is 2.72. The van der Waals surface area contributed by atoms with Crippen LogP contribution in [0.25, 0.3) is 0 Å². The van der Waals surface area contributed by atoms with E-state index in [4.69, 9.17) is 18.9 Å². The number of esters is 2. The van der Waals surface area contributed by atoms with Crippen molar-refractivity contribution >= 4 is 11.9 Å². The molecule has 2 unspecified atom stereocenters. The molecule has 0 aliphatic heterocycles. The summed E-state index contributed by atoms with van der Waals surface area (Å²) in [4.78, 5) is 25.4. The van der Waals surface area contributed by atoms with Gasteiger partial charge in [0, 0.05) is 0 Å². The van der Waals surface area contributed by atoms with Crippen molar-refractivity contribution in [1.82, 2.24) is 40.4 Å². The number of hydrogen-bond donors (Lipinski definition) is 2. The van der Waals surface area contributed by atoms with E-state index in [2.05, 4.69) is 30.9 Å². The summed E-state index contributed by atoms with van der Waals surface area (Å²) in [6.07, 6.45) is 1.18. The van der Waals surface area contributed by atoms with Crippen LogP contribution in [0.3, 0.4) is 0 Å². The second-order valence-corrected chi connectivity index (χ2v) is 11.1. The van der Waals surface area contributed by atoms with Gasteiger partial charge in [0.05, 0.1) is 24.2 Å². The van der Waals surface area contributed by atoms with Gasteiger partial charge in [-0.3, -0.25) is 0 Å². The lowest BCUT2D eigenvalue weighted by atomic mass is 10.2. The molecule has 2 N–H and O–H groups in total. The molecule has 2 heterocycles. The first-order valence-electron chi connectivity index (χ1n) is 16.1. The van der Waals surface area contributed by atoms with Gasteiger partial charge >= 0.3 is 11.9 Å². The van der Waals surface area contributed by atoms with Crippen molar-refractivity contribution in [2.24, 2.45) is 0 Å². The fraction of sp³-hybridized carbons (Fsp3) is 0.222. The van der Waals surface area contributed by atoms with Crippen molar-refractivity contribution in [3.05, 3.63) is 144 Å².